The molecule has 1 aliphatic rings. The van der Waals surface area contributed by atoms with Crippen LogP contribution in [0.5, 0.6) is 11.5 Å². The number of halogens is 2. The predicted octanol–water partition coefficient (Wildman–Crippen LogP) is 2.36. The quantitative estimate of drug-likeness (QED) is 0.0418. The number of aromatic nitrogens is 1. The third kappa shape index (κ3) is 18.6. The molecule has 6 amide bonds. The Labute approximate surface area is 391 Å². The maximum absolute atomic E-state index is 14.5. The van der Waals surface area contributed by atoms with Gasteiger partial charge in [-0.2, -0.15) is 13.7 Å². The highest BCUT2D eigenvalue weighted by molar-refractivity contribution is 7.81. The van der Waals surface area contributed by atoms with Crippen molar-refractivity contribution in [3.05, 3.63) is 65.9 Å². The Hall–Kier alpha value is -6.04. The van der Waals surface area contributed by atoms with Gasteiger partial charge in [0.05, 0.1) is 49.7 Å². The summed E-state index contributed by atoms with van der Waals surface area (Å²) >= 11 is 0. The number of nitrogens with one attached hydrogen (secondary N) is 5. The fourth-order valence-corrected chi connectivity index (χ4v) is 7.97. The molecule has 1 aromatic heterocycles. The van der Waals surface area contributed by atoms with Gasteiger partial charge in [-0.05, 0) is 74.3 Å². The molecule has 4 rings (SSSR count). The highest BCUT2D eigenvalue weighted by Crippen LogP contribution is 2.36. The monoisotopic (exact) mass is 973 g/mol. The van der Waals surface area contributed by atoms with Crippen molar-refractivity contribution in [1.82, 2.24) is 41.4 Å². The summed E-state index contributed by atoms with van der Waals surface area (Å²) in [5.74, 6) is -3.26. The van der Waals surface area contributed by atoms with E-state index in [0.717, 1.165) is 49.7 Å². The minimum atomic E-state index is -5.32. The molecule has 4 atom stereocenters. The molecule has 3 aromatic rings. The summed E-state index contributed by atoms with van der Waals surface area (Å²) in [5, 5.41) is 21.2. The SMILES string of the molecule is CCCCCN(CCC)CC(=O)NCCNC(=O)CCC(NC(=O)Cc1cccc(OS(=O)(=O)F)c1)C(=O)NCCOc1ccc2nccc(C(=O)NCC(=O)N3CC(F)(P)CC3C#N)c2c1. The van der Waals surface area contributed by atoms with E-state index in [2.05, 4.69) is 47.6 Å². The fraction of sp³-hybridized carbons (Fsp3) is 0.500. The zero-order chi connectivity index (χ0) is 49.0. The predicted molar refractivity (Wildman–Crippen MR) is 246 cm³/mol. The zero-order valence-electron chi connectivity index (χ0n) is 37.5. The Balaban J connectivity index is 1.33. The number of rotatable bonds is 27. The van der Waals surface area contributed by atoms with Gasteiger partial charge < -0.3 is 40.4 Å². The Morgan fingerprint density at radius 1 is 0.955 bits per heavy atom. The number of likely N-dealkylation sites (tertiary alicyclic amines) is 1. The maximum Gasteiger partial charge on any atom is 0.488 e. The van der Waals surface area contributed by atoms with Crippen molar-refractivity contribution in [3.8, 4) is 17.6 Å². The Morgan fingerprint density at radius 3 is 2.43 bits per heavy atom. The van der Waals surface area contributed by atoms with Crippen LogP contribution >= 0.6 is 9.24 Å². The Kier molecular flexibility index (Phi) is 21.1. The molecule has 1 fully saturated rings. The molecule has 4 unspecified atom stereocenters. The number of amides is 6. The van der Waals surface area contributed by atoms with E-state index < -0.39 is 64.1 Å². The van der Waals surface area contributed by atoms with Gasteiger partial charge >= 0.3 is 10.5 Å². The van der Waals surface area contributed by atoms with Crippen molar-refractivity contribution in [2.45, 2.75) is 82.7 Å². The van der Waals surface area contributed by atoms with Crippen molar-refractivity contribution in [2.24, 2.45) is 0 Å². The van der Waals surface area contributed by atoms with Gasteiger partial charge in [-0.15, -0.1) is 0 Å². The molecule has 0 spiro atoms. The zero-order valence-corrected chi connectivity index (χ0v) is 39.5. The van der Waals surface area contributed by atoms with E-state index in [-0.39, 0.29) is 87.8 Å². The van der Waals surface area contributed by atoms with Gasteiger partial charge in [0.1, 0.15) is 35.6 Å². The lowest BCUT2D eigenvalue weighted by Gasteiger charge is -2.21. The Bertz CT molecular complexity index is 2370. The largest absolute Gasteiger partial charge is 0.492 e. The summed E-state index contributed by atoms with van der Waals surface area (Å²) < 4.78 is 59.6. The summed E-state index contributed by atoms with van der Waals surface area (Å²) in [6, 6.07) is 11.0. The molecule has 2 aromatic carbocycles. The first-order chi connectivity index (χ1) is 31.9. The van der Waals surface area contributed by atoms with Crippen LogP contribution in [0.25, 0.3) is 10.9 Å². The molecule has 364 valence electrons. The maximum atomic E-state index is 14.5. The van der Waals surface area contributed by atoms with Gasteiger partial charge in [0.2, 0.25) is 29.5 Å². The topological polar surface area (TPSA) is 258 Å². The van der Waals surface area contributed by atoms with Crippen LogP contribution in [0.15, 0.2) is 54.7 Å². The second kappa shape index (κ2) is 26.3. The number of benzene rings is 2. The van der Waals surface area contributed by atoms with Crippen LogP contribution in [0.3, 0.4) is 0 Å². The molecule has 19 nitrogen and oxygen atoms in total. The van der Waals surface area contributed by atoms with E-state index in [1.807, 2.05) is 22.2 Å². The lowest BCUT2D eigenvalue weighted by molar-refractivity contribution is -0.130. The van der Waals surface area contributed by atoms with Crippen LogP contribution in [0.1, 0.15) is 74.7 Å². The van der Waals surface area contributed by atoms with E-state index in [1.165, 1.54) is 30.5 Å². The number of carbonyl (C=O) groups excluding carboxylic acids is 6. The van der Waals surface area contributed by atoms with Gasteiger partial charge in [-0.25, -0.2) is 4.39 Å². The number of nitriles is 1. The van der Waals surface area contributed by atoms with Crippen LogP contribution < -0.4 is 35.5 Å². The molecule has 23 heteroatoms. The third-order valence-corrected chi connectivity index (χ3v) is 11.2. The number of alkyl halides is 1. The number of fused-ring (bicyclic) bond motifs is 1. The molecular formula is C44H58F2N9O10PS. The van der Waals surface area contributed by atoms with Crippen LogP contribution in [-0.2, 0) is 40.9 Å². The highest BCUT2D eigenvalue weighted by Gasteiger charge is 2.43. The van der Waals surface area contributed by atoms with Crippen LogP contribution in [-0.4, -0.2) is 135 Å². The highest BCUT2D eigenvalue weighted by atomic mass is 32.3. The molecule has 5 N–H and O–H groups in total. The summed E-state index contributed by atoms with van der Waals surface area (Å²) in [5.41, 5.74) is 0.830. The molecule has 0 radical (unpaired) electrons. The second-order valence-electron chi connectivity index (χ2n) is 15.9. The lowest BCUT2D eigenvalue weighted by Crippen LogP contribution is -2.48. The average Bonchev–Trinajstić information content (AvgIpc) is 3.60. The van der Waals surface area contributed by atoms with Gasteiger partial charge in [-0.3, -0.25) is 38.7 Å². The summed E-state index contributed by atoms with van der Waals surface area (Å²) in [7, 11) is -3.31. The van der Waals surface area contributed by atoms with Crippen LogP contribution in [0.2, 0.25) is 0 Å². The molecule has 1 saturated heterocycles. The molecule has 1 aliphatic heterocycles. The number of carbonyl (C=O) groups is 6. The summed E-state index contributed by atoms with van der Waals surface area (Å²) in [6.07, 6.45) is 4.63. The minimum Gasteiger partial charge on any atom is -0.492 e. The van der Waals surface area contributed by atoms with E-state index >= 15 is 0 Å². The molecular weight excluding hydrogens is 916 g/mol. The number of unbranched alkanes of at least 4 members (excludes halogenated alkanes) is 2. The van der Waals surface area contributed by atoms with Crippen molar-refractivity contribution < 1.29 is 54.4 Å². The van der Waals surface area contributed by atoms with E-state index in [0.29, 0.717) is 16.7 Å². The molecule has 0 saturated carbocycles. The van der Waals surface area contributed by atoms with Gasteiger partial charge in [-0.1, -0.05) is 51.9 Å². The van der Waals surface area contributed by atoms with Crippen molar-refractivity contribution in [1.29, 1.82) is 5.26 Å². The smallest absolute Gasteiger partial charge is 0.488 e. The fourth-order valence-electron chi connectivity index (χ4n) is 7.22. The number of hydrogen-bond acceptors (Lipinski definition) is 13. The van der Waals surface area contributed by atoms with Gasteiger partial charge in [0, 0.05) is 37.5 Å². The summed E-state index contributed by atoms with van der Waals surface area (Å²) in [6.45, 7) is 5.41. The van der Waals surface area contributed by atoms with Crippen molar-refractivity contribution in [3.63, 3.8) is 0 Å². The molecule has 2 heterocycles. The first-order valence-electron chi connectivity index (χ1n) is 21.9. The van der Waals surface area contributed by atoms with Crippen LogP contribution in [0.4, 0.5) is 8.28 Å². The lowest BCUT2D eigenvalue weighted by atomic mass is 10.1. The van der Waals surface area contributed by atoms with E-state index in [9.17, 15) is 50.7 Å². The minimum absolute atomic E-state index is 0.0698. The second-order valence-corrected chi connectivity index (χ2v) is 17.9. The Morgan fingerprint density at radius 2 is 1.72 bits per heavy atom. The van der Waals surface area contributed by atoms with Crippen molar-refractivity contribution in [2.75, 3.05) is 59.0 Å². The number of nitrogens with zero attached hydrogens (tertiary/aromatic N) is 4. The molecule has 0 aliphatic carbocycles. The third-order valence-electron chi connectivity index (χ3n) is 10.4. The number of pyridine rings is 1. The van der Waals surface area contributed by atoms with E-state index in [1.54, 1.807) is 18.2 Å². The number of hydrogen-bond donors (Lipinski definition) is 5. The van der Waals surface area contributed by atoms with Gasteiger partial charge in [0.25, 0.3) is 5.91 Å². The number of ether oxygens (including phenoxy) is 1. The first-order valence-corrected chi connectivity index (χ1v) is 23.8. The average molecular weight is 974 g/mol. The van der Waals surface area contributed by atoms with Gasteiger partial charge in [0.15, 0.2) is 0 Å². The normalized spacial score (nSPS) is 16.1. The van der Waals surface area contributed by atoms with Crippen molar-refractivity contribution >= 4 is 66.1 Å². The van der Waals surface area contributed by atoms with Crippen LogP contribution in [0, 0.1) is 11.3 Å². The first kappa shape index (κ1) is 53.6. The molecule has 67 heavy (non-hydrogen) atoms. The standard InChI is InChI=1S/C44H58F2N9O10PS/c1-3-5-6-20-54(19-4-2)28-40(58)50-17-16-49-38(56)13-12-37(53-39(57)23-30-8-7-9-33(22-30)65-67(46,62)63)43(61)51-18-21-64-32-10-11-36-35(24-32)34(14-15-48-36)42(60)52-27-41(59)55-29-44(45,66)25-31(55)26-47/h7-11,14-15,22,24,31,37H,3-6,12-13,16-21,23,25,27-29,66H2,1-2H3,(H,49,56)(H,50,58)(H,51,61)(H,52,60)(H,53,57). The molecule has 0 bridgehead atoms. The van der Waals surface area contributed by atoms with E-state index in [4.69, 9.17) is 4.74 Å². The summed E-state index contributed by atoms with van der Waals surface area (Å²) in [4.78, 5) is 85.5.